The summed E-state index contributed by atoms with van der Waals surface area (Å²) in [7, 11) is 0. The number of nitrogens with zero attached hydrogens (tertiary/aromatic N) is 1. The Hall–Kier alpha value is -1.87. The zero-order valence-corrected chi connectivity index (χ0v) is 16.2. The van der Waals surface area contributed by atoms with Crippen molar-refractivity contribution in [1.82, 2.24) is 4.90 Å². The molecule has 0 spiro atoms. The molecule has 1 saturated heterocycles. The number of amides is 1. The first kappa shape index (κ1) is 18.9. The number of carbonyl (C=O) groups excluding carboxylic acids is 1. The molecule has 2 aromatic rings. The van der Waals surface area contributed by atoms with Gasteiger partial charge in [0.2, 0.25) is 5.91 Å². The monoisotopic (exact) mass is 352 g/mol. The molecule has 1 heterocycles. The van der Waals surface area contributed by atoms with Gasteiger partial charge >= 0.3 is 0 Å². The molecule has 140 valence electrons. The van der Waals surface area contributed by atoms with E-state index in [0.717, 1.165) is 43.4 Å². The average Bonchev–Trinajstić information content (AvgIpc) is 2.65. The minimum atomic E-state index is -0.605. The highest BCUT2D eigenvalue weighted by Gasteiger charge is 2.40. The standard InChI is InChI=1S/C23H32N2O/c1-18(2)17-23(22(24)26,13-16-25-14-6-3-7-15-25)21-12-8-10-19-9-4-5-11-20(19)21/h4-5,8-12,18H,3,6-7,13-17H2,1-2H3,(H2,24,26). The van der Waals surface area contributed by atoms with Crippen molar-refractivity contribution in [2.24, 2.45) is 11.7 Å². The molecule has 0 aromatic heterocycles. The predicted molar refractivity (Wildman–Crippen MR) is 109 cm³/mol. The van der Waals surface area contributed by atoms with Gasteiger partial charge in [-0.15, -0.1) is 0 Å². The first-order valence-electron chi connectivity index (χ1n) is 10.0. The maximum atomic E-state index is 12.9. The van der Waals surface area contributed by atoms with Crippen LogP contribution in [0.5, 0.6) is 0 Å². The fourth-order valence-electron chi connectivity index (χ4n) is 4.57. The van der Waals surface area contributed by atoms with Crippen molar-refractivity contribution in [3.05, 3.63) is 48.0 Å². The topological polar surface area (TPSA) is 46.3 Å². The highest BCUT2D eigenvalue weighted by Crippen LogP contribution is 2.39. The summed E-state index contributed by atoms with van der Waals surface area (Å²) < 4.78 is 0. The van der Waals surface area contributed by atoms with Gasteiger partial charge in [-0.2, -0.15) is 0 Å². The summed E-state index contributed by atoms with van der Waals surface area (Å²) in [6.07, 6.45) is 5.45. The molecule has 0 aliphatic carbocycles. The highest BCUT2D eigenvalue weighted by molar-refractivity contribution is 5.95. The van der Waals surface area contributed by atoms with Crippen LogP contribution in [0.4, 0.5) is 0 Å². The van der Waals surface area contributed by atoms with E-state index in [1.54, 1.807) is 0 Å². The van der Waals surface area contributed by atoms with Crippen LogP contribution in [0.2, 0.25) is 0 Å². The minimum Gasteiger partial charge on any atom is -0.369 e. The Bertz CT molecular complexity index is 743. The molecule has 1 aliphatic heterocycles. The molecule has 1 amide bonds. The first-order valence-corrected chi connectivity index (χ1v) is 10.0. The number of carbonyl (C=O) groups is 1. The number of fused-ring (bicyclic) bond motifs is 1. The van der Waals surface area contributed by atoms with Crippen LogP contribution in [0.15, 0.2) is 42.5 Å². The SMILES string of the molecule is CC(C)CC(CCN1CCCCC1)(C(N)=O)c1cccc2ccccc12. The van der Waals surface area contributed by atoms with E-state index in [9.17, 15) is 4.79 Å². The van der Waals surface area contributed by atoms with Crippen molar-refractivity contribution in [1.29, 1.82) is 0 Å². The van der Waals surface area contributed by atoms with E-state index < -0.39 is 5.41 Å². The summed E-state index contributed by atoms with van der Waals surface area (Å²) in [5.74, 6) is 0.224. The smallest absolute Gasteiger partial charge is 0.228 e. The van der Waals surface area contributed by atoms with Crippen molar-refractivity contribution in [2.45, 2.75) is 51.4 Å². The van der Waals surface area contributed by atoms with Gasteiger partial charge in [0.25, 0.3) is 0 Å². The van der Waals surface area contributed by atoms with E-state index in [1.807, 2.05) is 6.07 Å². The van der Waals surface area contributed by atoms with Gasteiger partial charge in [0.1, 0.15) is 0 Å². The molecule has 3 nitrogen and oxygen atoms in total. The van der Waals surface area contributed by atoms with Crippen molar-refractivity contribution < 1.29 is 4.79 Å². The lowest BCUT2D eigenvalue weighted by Crippen LogP contribution is -2.45. The molecule has 0 radical (unpaired) electrons. The van der Waals surface area contributed by atoms with Crippen LogP contribution in [-0.4, -0.2) is 30.4 Å². The second-order valence-corrected chi connectivity index (χ2v) is 8.22. The third-order valence-electron chi connectivity index (χ3n) is 5.84. The number of piperidine rings is 1. The van der Waals surface area contributed by atoms with Crippen LogP contribution >= 0.6 is 0 Å². The lowest BCUT2D eigenvalue weighted by atomic mass is 9.69. The second kappa shape index (κ2) is 8.22. The van der Waals surface area contributed by atoms with Gasteiger partial charge in [-0.3, -0.25) is 4.79 Å². The Kier molecular flexibility index (Phi) is 5.98. The largest absolute Gasteiger partial charge is 0.369 e. The van der Waals surface area contributed by atoms with Crippen molar-refractivity contribution >= 4 is 16.7 Å². The quantitative estimate of drug-likeness (QED) is 0.798. The second-order valence-electron chi connectivity index (χ2n) is 8.22. The zero-order valence-electron chi connectivity index (χ0n) is 16.2. The number of hydrogen-bond acceptors (Lipinski definition) is 2. The summed E-state index contributed by atoms with van der Waals surface area (Å²) in [6, 6.07) is 14.6. The van der Waals surface area contributed by atoms with E-state index >= 15 is 0 Å². The van der Waals surface area contributed by atoms with Gasteiger partial charge < -0.3 is 10.6 Å². The number of rotatable bonds is 7. The molecule has 0 bridgehead atoms. The fourth-order valence-corrected chi connectivity index (χ4v) is 4.57. The van der Waals surface area contributed by atoms with Gasteiger partial charge in [-0.05, 0) is 67.6 Å². The summed E-state index contributed by atoms with van der Waals surface area (Å²) in [4.78, 5) is 15.4. The molecule has 1 aliphatic rings. The summed E-state index contributed by atoms with van der Waals surface area (Å²) in [6.45, 7) is 7.60. The lowest BCUT2D eigenvalue weighted by Gasteiger charge is -2.37. The molecule has 1 unspecified atom stereocenters. The Morgan fingerprint density at radius 1 is 1.08 bits per heavy atom. The lowest BCUT2D eigenvalue weighted by molar-refractivity contribution is -0.124. The minimum absolute atomic E-state index is 0.181. The molecular formula is C23H32N2O. The Morgan fingerprint density at radius 3 is 2.46 bits per heavy atom. The number of likely N-dealkylation sites (tertiary alicyclic amines) is 1. The molecule has 1 atom stereocenters. The third kappa shape index (κ3) is 3.93. The molecule has 2 aromatic carbocycles. The van der Waals surface area contributed by atoms with E-state index in [-0.39, 0.29) is 5.91 Å². The van der Waals surface area contributed by atoms with Gasteiger partial charge in [0, 0.05) is 0 Å². The molecule has 0 saturated carbocycles. The Morgan fingerprint density at radius 2 is 1.77 bits per heavy atom. The predicted octanol–water partition coefficient (Wildman–Crippen LogP) is 4.49. The van der Waals surface area contributed by atoms with Crippen molar-refractivity contribution in [2.75, 3.05) is 19.6 Å². The van der Waals surface area contributed by atoms with E-state index in [1.165, 1.54) is 24.6 Å². The number of hydrogen-bond donors (Lipinski definition) is 1. The Balaban J connectivity index is 2.01. The molecular weight excluding hydrogens is 320 g/mol. The number of primary amides is 1. The van der Waals surface area contributed by atoms with Crippen LogP contribution in [0.25, 0.3) is 10.8 Å². The maximum Gasteiger partial charge on any atom is 0.228 e. The molecule has 3 heteroatoms. The van der Waals surface area contributed by atoms with Crippen LogP contribution in [0, 0.1) is 5.92 Å². The summed E-state index contributed by atoms with van der Waals surface area (Å²) in [5.41, 5.74) is 6.60. The molecule has 1 fully saturated rings. The third-order valence-corrected chi connectivity index (χ3v) is 5.84. The molecule has 26 heavy (non-hydrogen) atoms. The number of nitrogens with two attached hydrogens (primary N) is 1. The van der Waals surface area contributed by atoms with Crippen molar-refractivity contribution in [3.8, 4) is 0 Å². The first-order chi connectivity index (χ1) is 12.5. The van der Waals surface area contributed by atoms with Crippen LogP contribution in [0.1, 0.15) is 51.5 Å². The van der Waals surface area contributed by atoms with Crippen LogP contribution in [-0.2, 0) is 10.2 Å². The zero-order chi connectivity index (χ0) is 18.6. The molecule has 2 N–H and O–H groups in total. The Labute approximate surface area is 157 Å². The van der Waals surface area contributed by atoms with Gasteiger partial charge in [-0.1, -0.05) is 62.7 Å². The highest BCUT2D eigenvalue weighted by atomic mass is 16.1. The summed E-state index contributed by atoms with van der Waals surface area (Å²) >= 11 is 0. The molecule has 3 rings (SSSR count). The number of benzene rings is 2. The average molecular weight is 353 g/mol. The van der Waals surface area contributed by atoms with Crippen LogP contribution in [0.3, 0.4) is 0 Å². The van der Waals surface area contributed by atoms with Crippen molar-refractivity contribution in [3.63, 3.8) is 0 Å². The fraction of sp³-hybridized carbons (Fsp3) is 0.522. The van der Waals surface area contributed by atoms with Gasteiger partial charge in [0.15, 0.2) is 0 Å². The van der Waals surface area contributed by atoms with E-state index in [4.69, 9.17) is 5.73 Å². The van der Waals surface area contributed by atoms with Gasteiger partial charge in [-0.25, -0.2) is 0 Å². The van der Waals surface area contributed by atoms with Gasteiger partial charge in [0.05, 0.1) is 5.41 Å². The van der Waals surface area contributed by atoms with E-state index in [2.05, 4.69) is 55.1 Å². The maximum absolute atomic E-state index is 12.9. The normalized spacial score (nSPS) is 18.1. The van der Waals surface area contributed by atoms with E-state index in [0.29, 0.717) is 5.92 Å². The van der Waals surface area contributed by atoms with Crippen LogP contribution < -0.4 is 5.73 Å². The summed E-state index contributed by atoms with van der Waals surface area (Å²) in [5, 5.41) is 2.34.